The highest BCUT2D eigenvalue weighted by Gasteiger charge is 2.27. The van der Waals surface area contributed by atoms with Gasteiger partial charge in [-0.2, -0.15) is 0 Å². The zero-order chi connectivity index (χ0) is 16.8. The molecule has 0 unspecified atom stereocenters. The molecule has 2 aromatic carbocycles. The number of rotatable bonds is 4. The fraction of sp³-hybridized carbons (Fsp3) is 0.167. The number of carbonyl (C=O) groups is 1. The molecule has 118 valence electrons. The number of carboxylic acid groups (broad SMARTS) is 1. The summed E-state index contributed by atoms with van der Waals surface area (Å²) < 4.78 is 17.8. The van der Waals surface area contributed by atoms with Gasteiger partial charge in [-0.25, -0.2) is 4.39 Å². The van der Waals surface area contributed by atoms with E-state index >= 15 is 0 Å². The van der Waals surface area contributed by atoms with Gasteiger partial charge < -0.3 is 14.9 Å². The molecule has 2 aromatic rings. The van der Waals surface area contributed by atoms with Gasteiger partial charge in [-0.1, -0.05) is 24.0 Å². The highest BCUT2D eigenvalue weighted by molar-refractivity contribution is 5.77. The van der Waals surface area contributed by atoms with E-state index in [1.807, 2.05) is 0 Å². The van der Waals surface area contributed by atoms with Crippen molar-refractivity contribution in [1.82, 2.24) is 0 Å². The first-order valence-electron chi connectivity index (χ1n) is 6.83. The first-order chi connectivity index (χ1) is 11.0. The summed E-state index contributed by atoms with van der Waals surface area (Å²) in [6.45, 7) is 0. The van der Waals surface area contributed by atoms with Crippen LogP contribution in [0.1, 0.15) is 17.0 Å². The number of halogens is 1. The smallest absolute Gasteiger partial charge is 0.314 e. The molecule has 23 heavy (non-hydrogen) atoms. The van der Waals surface area contributed by atoms with Gasteiger partial charge in [0.25, 0.3) is 0 Å². The number of carboxylic acids is 1. The molecule has 0 spiro atoms. The third-order valence-corrected chi connectivity index (χ3v) is 3.27. The Balaban J connectivity index is 2.23. The Kier molecular flexibility index (Phi) is 5.34. The number of hydrogen-bond acceptors (Lipinski definition) is 3. The lowest BCUT2D eigenvalue weighted by atomic mass is 9.93. The molecule has 2 rings (SSSR count). The standard InChI is InChI=1S/C18H15FO4/c1-23-15-9-5-13(6-10-15)17(18(21)22)16(20)11-4-12-2-7-14(19)8-3-12/h2-3,5-10,16-17,20H,1H3,(H,21,22)/t16-,17-/m1/s1. The van der Waals surface area contributed by atoms with E-state index in [0.717, 1.165) is 0 Å². The first kappa shape index (κ1) is 16.5. The quantitative estimate of drug-likeness (QED) is 0.851. The van der Waals surface area contributed by atoms with E-state index < -0.39 is 23.8 Å². The third kappa shape index (κ3) is 4.31. The molecule has 0 aliphatic rings. The van der Waals surface area contributed by atoms with Crippen LogP contribution < -0.4 is 4.74 Å². The monoisotopic (exact) mass is 314 g/mol. The Bertz CT molecular complexity index is 726. The zero-order valence-electron chi connectivity index (χ0n) is 12.4. The molecule has 0 fully saturated rings. The minimum Gasteiger partial charge on any atom is -0.497 e. The van der Waals surface area contributed by atoms with Gasteiger partial charge in [-0.05, 0) is 42.0 Å². The van der Waals surface area contributed by atoms with Crippen LogP contribution in [0.3, 0.4) is 0 Å². The number of aliphatic hydroxyl groups excluding tert-OH is 1. The number of benzene rings is 2. The average Bonchev–Trinajstić information content (AvgIpc) is 2.55. The summed E-state index contributed by atoms with van der Waals surface area (Å²) in [6, 6.07) is 11.8. The van der Waals surface area contributed by atoms with Crippen LogP contribution in [-0.4, -0.2) is 29.4 Å². The lowest BCUT2D eigenvalue weighted by molar-refractivity contribution is -0.140. The Morgan fingerprint density at radius 3 is 2.26 bits per heavy atom. The maximum atomic E-state index is 12.8. The van der Waals surface area contributed by atoms with Gasteiger partial charge in [0.05, 0.1) is 7.11 Å². The predicted octanol–water partition coefficient (Wildman–Crippen LogP) is 2.42. The van der Waals surface area contributed by atoms with E-state index in [1.54, 1.807) is 24.3 Å². The summed E-state index contributed by atoms with van der Waals surface area (Å²) in [5, 5.41) is 19.5. The van der Waals surface area contributed by atoms with Crippen LogP contribution in [-0.2, 0) is 4.79 Å². The van der Waals surface area contributed by atoms with Crippen LogP contribution in [0, 0.1) is 17.7 Å². The number of methoxy groups -OCH3 is 1. The zero-order valence-corrected chi connectivity index (χ0v) is 12.4. The second-order valence-electron chi connectivity index (χ2n) is 4.81. The van der Waals surface area contributed by atoms with Gasteiger partial charge in [0, 0.05) is 5.56 Å². The molecule has 0 heterocycles. The summed E-state index contributed by atoms with van der Waals surface area (Å²) in [6.07, 6.45) is -1.40. The summed E-state index contributed by atoms with van der Waals surface area (Å²) in [4.78, 5) is 11.4. The van der Waals surface area contributed by atoms with E-state index in [2.05, 4.69) is 11.8 Å². The highest BCUT2D eigenvalue weighted by atomic mass is 19.1. The second kappa shape index (κ2) is 7.43. The summed E-state index contributed by atoms with van der Waals surface area (Å²) >= 11 is 0. The molecule has 0 saturated carbocycles. The van der Waals surface area contributed by atoms with E-state index in [1.165, 1.54) is 31.4 Å². The minimum atomic E-state index is -1.40. The second-order valence-corrected chi connectivity index (χ2v) is 4.81. The predicted molar refractivity (Wildman–Crippen MR) is 82.7 cm³/mol. The van der Waals surface area contributed by atoms with Gasteiger partial charge in [-0.3, -0.25) is 4.79 Å². The van der Waals surface area contributed by atoms with Crippen molar-refractivity contribution in [2.75, 3.05) is 7.11 Å². The van der Waals surface area contributed by atoms with Crippen molar-refractivity contribution >= 4 is 5.97 Å². The summed E-state index contributed by atoms with van der Waals surface area (Å²) in [5.41, 5.74) is 0.906. The van der Waals surface area contributed by atoms with Crippen LogP contribution in [0.5, 0.6) is 5.75 Å². The van der Waals surface area contributed by atoms with Crippen LogP contribution >= 0.6 is 0 Å². The fourth-order valence-corrected chi connectivity index (χ4v) is 2.04. The first-order valence-corrected chi connectivity index (χ1v) is 6.83. The average molecular weight is 314 g/mol. The normalized spacial score (nSPS) is 12.7. The maximum absolute atomic E-state index is 12.8. The van der Waals surface area contributed by atoms with Crippen molar-refractivity contribution < 1.29 is 24.1 Å². The highest BCUT2D eigenvalue weighted by Crippen LogP contribution is 2.23. The Hall–Kier alpha value is -2.84. The van der Waals surface area contributed by atoms with Crippen molar-refractivity contribution in [2.24, 2.45) is 0 Å². The molecule has 0 aliphatic carbocycles. The number of aliphatic hydroxyl groups is 1. The molecule has 2 N–H and O–H groups in total. The number of hydrogen-bond donors (Lipinski definition) is 2. The molecule has 0 aliphatic heterocycles. The molecular formula is C18H15FO4. The van der Waals surface area contributed by atoms with Crippen molar-refractivity contribution in [3.63, 3.8) is 0 Å². The van der Waals surface area contributed by atoms with Gasteiger partial charge in [-0.15, -0.1) is 0 Å². The Labute approximate surface area is 133 Å². The topological polar surface area (TPSA) is 66.8 Å². The van der Waals surface area contributed by atoms with Crippen LogP contribution in [0.15, 0.2) is 48.5 Å². The number of ether oxygens (including phenoxy) is 1. The van der Waals surface area contributed by atoms with E-state index in [-0.39, 0.29) is 0 Å². The summed E-state index contributed by atoms with van der Waals surface area (Å²) in [5.74, 6) is 2.97. The van der Waals surface area contributed by atoms with Crippen LogP contribution in [0.4, 0.5) is 4.39 Å². The van der Waals surface area contributed by atoms with Crippen molar-refractivity contribution in [3.05, 3.63) is 65.5 Å². The molecule has 0 aromatic heterocycles. The number of aliphatic carboxylic acids is 1. The van der Waals surface area contributed by atoms with Gasteiger partial charge in [0.1, 0.15) is 23.6 Å². The fourth-order valence-electron chi connectivity index (χ4n) is 2.04. The largest absolute Gasteiger partial charge is 0.497 e. The van der Waals surface area contributed by atoms with Crippen LogP contribution in [0.25, 0.3) is 0 Å². The van der Waals surface area contributed by atoms with Gasteiger partial charge in [0.2, 0.25) is 0 Å². The molecule has 5 heteroatoms. The Morgan fingerprint density at radius 2 is 1.74 bits per heavy atom. The van der Waals surface area contributed by atoms with E-state index in [4.69, 9.17) is 4.74 Å². The van der Waals surface area contributed by atoms with Crippen molar-refractivity contribution in [1.29, 1.82) is 0 Å². The van der Waals surface area contributed by atoms with E-state index in [0.29, 0.717) is 16.9 Å². The third-order valence-electron chi connectivity index (χ3n) is 3.27. The Morgan fingerprint density at radius 1 is 1.13 bits per heavy atom. The lowest BCUT2D eigenvalue weighted by Crippen LogP contribution is -2.24. The molecule has 4 nitrogen and oxygen atoms in total. The minimum absolute atomic E-state index is 0.391. The SMILES string of the molecule is COc1ccc([C@@H](C(=O)O)[C@H](O)C#Cc2ccc(F)cc2)cc1. The van der Waals surface area contributed by atoms with E-state index in [9.17, 15) is 19.4 Å². The molecule has 0 amide bonds. The molecule has 2 atom stereocenters. The van der Waals surface area contributed by atoms with Gasteiger partial charge in [0.15, 0.2) is 0 Å². The molecule has 0 saturated heterocycles. The van der Waals surface area contributed by atoms with Crippen LogP contribution in [0.2, 0.25) is 0 Å². The maximum Gasteiger partial charge on any atom is 0.314 e. The molecular weight excluding hydrogens is 299 g/mol. The molecule has 0 bridgehead atoms. The lowest BCUT2D eigenvalue weighted by Gasteiger charge is -2.15. The molecule has 0 radical (unpaired) electrons. The van der Waals surface area contributed by atoms with Crippen molar-refractivity contribution in [3.8, 4) is 17.6 Å². The van der Waals surface area contributed by atoms with Gasteiger partial charge >= 0.3 is 5.97 Å². The summed E-state index contributed by atoms with van der Waals surface area (Å²) in [7, 11) is 1.51. The van der Waals surface area contributed by atoms with Crippen molar-refractivity contribution in [2.45, 2.75) is 12.0 Å².